The van der Waals surface area contributed by atoms with E-state index in [0.29, 0.717) is 23.4 Å². The van der Waals surface area contributed by atoms with Crippen molar-refractivity contribution >= 4 is 23.4 Å². The Balaban J connectivity index is 1.34. The number of pyridine rings is 2. The van der Waals surface area contributed by atoms with Crippen LogP contribution in [-0.2, 0) is 6.54 Å². The SMILES string of the molecule is CCNC(=NCc1ccnc(OCC2CC2)c1)NC1CCN(c2ncccc2Cl)C1. The maximum absolute atomic E-state index is 6.30. The molecular weight excluding hydrogens is 400 g/mol. The van der Waals surface area contributed by atoms with Gasteiger partial charge in [-0.2, -0.15) is 0 Å². The van der Waals surface area contributed by atoms with E-state index >= 15 is 0 Å². The minimum Gasteiger partial charge on any atom is -0.477 e. The zero-order chi connectivity index (χ0) is 20.8. The van der Waals surface area contributed by atoms with Crippen LogP contribution in [0.25, 0.3) is 0 Å². The van der Waals surface area contributed by atoms with Gasteiger partial charge in [0.15, 0.2) is 5.96 Å². The van der Waals surface area contributed by atoms with Crippen LogP contribution in [-0.4, -0.2) is 48.2 Å². The maximum atomic E-state index is 6.30. The quantitative estimate of drug-likeness (QED) is 0.496. The summed E-state index contributed by atoms with van der Waals surface area (Å²) in [6.45, 7) is 5.97. The van der Waals surface area contributed by atoms with Crippen molar-refractivity contribution in [3.05, 3.63) is 47.2 Å². The molecule has 7 nitrogen and oxygen atoms in total. The molecule has 1 unspecified atom stereocenters. The lowest BCUT2D eigenvalue weighted by Gasteiger charge is -2.20. The summed E-state index contributed by atoms with van der Waals surface area (Å²) in [5.74, 6) is 3.06. The molecular formula is C22H29ClN6O. The van der Waals surface area contributed by atoms with Crippen LogP contribution in [0.3, 0.4) is 0 Å². The van der Waals surface area contributed by atoms with Crippen molar-refractivity contribution in [1.29, 1.82) is 0 Å². The molecule has 2 N–H and O–H groups in total. The monoisotopic (exact) mass is 428 g/mol. The van der Waals surface area contributed by atoms with Crippen molar-refractivity contribution in [2.24, 2.45) is 10.9 Å². The van der Waals surface area contributed by atoms with Crippen molar-refractivity contribution < 1.29 is 4.74 Å². The Labute approximate surface area is 182 Å². The Hall–Kier alpha value is -2.54. The van der Waals surface area contributed by atoms with Gasteiger partial charge in [0.05, 0.1) is 18.2 Å². The third kappa shape index (κ3) is 5.75. The number of rotatable bonds is 8. The zero-order valence-electron chi connectivity index (χ0n) is 17.4. The molecule has 2 aromatic rings. The summed E-state index contributed by atoms with van der Waals surface area (Å²) in [4.78, 5) is 15.7. The lowest BCUT2D eigenvalue weighted by molar-refractivity contribution is 0.288. The first-order chi connectivity index (χ1) is 14.7. The van der Waals surface area contributed by atoms with E-state index < -0.39 is 0 Å². The average molecular weight is 429 g/mol. The van der Waals surface area contributed by atoms with Crippen molar-refractivity contribution in [3.63, 3.8) is 0 Å². The molecule has 1 saturated carbocycles. The van der Waals surface area contributed by atoms with E-state index in [1.54, 1.807) is 12.4 Å². The van der Waals surface area contributed by atoms with Gasteiger partial charge < -0.3 is 20.3 Å². The summed E-state index contributed by atoms with van der Waals surface area (Å²) >= 11 is 6.30. The van der Waals surface area contributed by atoms with Crippen LogP contribution >= 0.6 is 11.6 Å². The number of aromatic nitrogens is 2. The van der Waals surface area contributed by atoms with Crippen LogP contribution in [0.1, 0.15) is 31.7 Å². The Morgan fingerprint density at radius 3 is 2.97 bits per heavy atom. The summed E-state index contributed by atoms with van der Waals surface area (Å²) in [5.41, 5.74) is 1.08. The number of guanidine groups is 1. The van der Waals surface area contributed by atoms with Crippen molar-refractivity contribution in [1.82, 2.24) is 20.6 Å². The summed E-state index contributed by atoms with van der Waals surface area (Å²) in [6.07, 6.45) is 7.12. The minimum atomic E-state index is 0.288. The van der Waals surface area contributed by atoms with E-state index in [9.17, 15) is 0 Å². The predicted molar refractivity (Wildman–Crippen MR) is 120 cm³/mol. The molecule has 8 heteroatoms. The van der Waals surface area contributed by atoms with E-state index in [2.05, 4.69) is 32.4 Å². The minimum absolute atomic E-state index is 0.288. The molecule has 0 amide bonds. The number of ether oxygens (including phenoxy) is 1. The Morgan fingerprint density at radius 2 is 2.17 bits per heavy atom. The van der Waals surface area contributed by atoms with Crippen molar-refractivity contribution in [2.45, 2.75) is 38.8 Å². The van der Waals surface area contributed by atoms with Gasteiger partial charge in [0.1, 0.15) is 5.82 Å². The highest BCUT2D eigenvalue weighted by Gasteiger charge is 2.25. The topological polar surface area (TPSA) is 74.7 Å². The smallest absolute Gasteiger partial charge is 0.213 e. The summed E-state index contributed by atoms with van der Waals surface area (Å²) in [6, 6.07) is 7.99. The van der Waals surface area contributed by atoms with E-state index in [4.69, 9.17) is 21.3 Å². The van der Waals surface area contributed by atoms with Gasteiger partial charge in [-0.25, -0.2) is 15.0 Å². The fraction of sp³-hybridized carbons (Fsp3) is 0.500. The molecule has 4 rings (SSSR count). The first kappa shape index (κ1) is 20.7. The molecule has 2 fully saturated rings. The Bertz CT molecular complexity index is 872. The fourth-order valence-corrected chi connectivity index (χ4v) is 3.72. The van der Waals surface area contributed by atoms with Gasteiger partial charge in [0.25, 0.3) is 0 Å². The largest absolute Gasteiger partial charge is 0.477 e. The second-order valence-electron chi connectivity index (χ2n) is 7.84. The molecule has 1 aliphatic heterocycles. The van der Waals surface area contributed by atoms with Crippen LogP contribution in [0, 0.1) is 5.92 Å². The Morgan fingerprint density at radius 1 is 1.27 bits per heavy atom. The molecule has 0 aromatic carbocycles. The van der Waals surface area contributed by atoms with Crippen LogP contribution in [0.4, 0.5) is 5.82 Å². The molecule has 1 atom stereocenters. The molecule has 0 bridgehead atoms. The van der Waals surface area contributed by atoms with Crippen molar-refractivity contribution in [2.75, 3.05) is 31.1 Å². The number of halogens is 1. The molecule has 2 aliphatic rings. The standard InChI is InChI=1S/C22H29ClN6O/c1-2-24-22(27-13-17-7-10-25-20(12-17)30-15-16-5-6-16)28-18-8-11-29(14-18)21-19(23)4-3-9-26-21/h3-4,7,9-10,12,16,18H,2,5-6,8,11,13-15H2,1H3,(H2,24,27,28). The highest BCUT2D eigenvalue weighted by atomic mass is 35.5. The van der Waals surface area contributed by atoms with E-state index in [1.165, 1.54) is 12.8 Å². The molecule has 0 radical (unpaired) electrons. The molecule has 0 spiro atoms. The van der Waals surface area contributed by atoms with Crippen LogP contribution in [0.2, 0.25) is 5.02 Å². The van der Waals surface area contributed by atoms with Crippen molar-refractivity contribution in [3.8, 4) is 5.88 Å². The molecule has 1 aliphatic carbocycles. The third-order valence-electron chi connectivity index (χ3n) is 5.29. The highest BCUT2D eigenvalue weighted by Crippen LogP contribution is 2.29. The predicted octanol–water partition coefficient (Wildman–Crippen LogP) is 3.25. The zero-order valence-corrected chi connectivity index (χ0v) is 18.1. The third-order valence-corrected chi connectivity index (χ3v) is 5.59. The normalized spacial score (nSPS) is 19.1. The maximum Gasteiger partial charge on any atom is 0.213 e. The van der Waals surface area contributed by atoms with Gasteiger partial charge in [-0.3, -0.25) is 0 Å². The first-order valence-electron chi connectivity index (χ1n) is 10.7. The summed E-state index contributed by atoms with van der Waals surface area (Å²) in [7, 11) is 0. The number of hydrogen-bond acceptors (Lipinski definition) is 5. The first-order valence-corrected chi connectivity index (χ1v) is 11.1. The van der Waals surface area contributed by atoms with Crippen LogP contribution < -0.4 is 20.3 Å². The van der Waals surface area contributed by atoms with Gasteiger partial charge in [0, 0.05) is 44.1 Å². The van der Waals surface area contributed by atoms with Gasteiger partial charge in [-0.1, -0.05) is 11.6 Å². The molecule has 3 heterocycles. The lowest BCUT2D eigenvalue weighted by Crippen LogP contribution is -2.44. The number of nitrogens with one attached hydrogen (secondary N) is 2. The summed E-state index contributed by atoms with van der Waals surface area (Å²) < 4.78 is 5.78. The van der Waals surface area contributed by atoms with Gasteiger partial charge in [0.2, 0.25) is 5.88 Å². The van der Waals surface area contributed by atoms with Gasteiger partial charge >= 0.3 is 0 Å². The second kappa shape index (κ2) is 9.98. The highest BCUT2D eigenvalue weighted by molar-refractivity contribution is 6.32. The fourth-order valence-electron chi connectivity index (χ4n) is 3.48. The van der Waals surface area contributed by atoms with E-state index in [1.807, 2.05) is 24.3 Å². The van der Waals surface area contributed by atoms with Gasteiger partial charge in [-0.15, -0.1) is 0 Å². The van der Waals surface area contributed by atoms with E-state index in [0.717, 1.165) is 50.0 Å². The number of aliphatic imine (C=N–C) groups is 1. The summed E-state index contributed by atoms with van der Waals surface area (Å²) in [5, 5.41) is 7.58. The number of nitrogens with zero attached hydrogens (tertiary/aromatic N) is 4. The molecule has 30 heavy (non-hydrogen) atoms. The van der Waals surface area contributed by atoms with Gasteiger partial charge in [-0.05, 0) is 55.9 Å². The lowest BCUT2D eigenvalue weighted by atomic mass is 10.2. The number of anilines is 1. The average Bonchev–Trinajstić information content (AvgIpc) is 3.48. The molecule has 2 aromatic heterocycles. The van der Waals surface area contributed by atoms with Crippen LogP contribution in [0.15, 0.2) is 41.7 Å². The van der Waals surface area contributed by atoms with Crippen LogP contribution in [0.5, 0.6) is 5.88 Å². The second-order valence-corrected chi connectivity index (χ2v) is 8.24. The molecule has 1 saturated heterocycles. The molecule has 160 valence electrons. The Kier molecular flexibility index (Phi) is 6.89. The van der Waals surface area contributed by atoms with E-state index in [-0.39, 0.29) is 6.04 Å². The number of hydrogen-bond donors (Lipinski definition) is 2.